The van der Waals surface area contributed by atoms with Crippen molar-refractivity contribution in [3.8, 4) is 17.2 Å². The predicted molar refractivity (Wildman–Crippen MR) is 117 cm³/mol. The maximum Gasteiger partial charge on any atom is 0.141 e. The summed E-state index contributed by atoms with van der Waals surface area (Å²) in [5, 5.41) is 9.88. The van der Waals surface area contributed by atoms with E-state index in [-0.39, 0.29) is 6.10 Å². The fourth-order valence-corrected chi connectivity index (χ4v) is 4.65. The zero-order valence-electron chi connectivity index (χ0n) is 17.1. The molecule has 0 fully saturated rings. The molecule has 0 saturated carbocycles. The van der Waals surface area contributed by atoms with Crippen molar-refractivity contribution in [2.24, 2.45) is 7.05 Å². The Morgan fingerprint density at radius 3 is 2.80 bits per heavy atom. The molecule has 1 aliphatic rings. The third kappa shape index (κ3) is 3.15. The van der Waals surface area contributed by atoms with E-state index in [0.717, 1.165) is 68.6 Å². The summed E-state index contributed by atoms with van der Waals surface area (Å²) >= 11 is 3.54. The lowest BCUT2D eigenvalue weighted by atomic mass is 9.93. The van der Waals surface area contributed by atoms with E-state index in [4.69, 9.17) is 9.47 Å². The molecule has 0 bridgehead atoms. The molecule has 1 atom stereocenters. The summed E-state index contributed by atoms with van der Waals surface area (Å²) in [5.74, 6) is 1.70. The SMILES string of the molecule is COc1c(Br)cnc2c1CCCC2Oc1cc2c(cnn2-c2cnn(C)c2)cc1C. The van der Waals surface area contributed by atoms with Crippen LogP contribution in [0.3, 0.4) is 0 Å². The summed E-state index contributed by atoms with van der Waals surface area (Å²) in [5.41, 5.74) is 5.07. The van der Waals surface area contributed by atoms with Gasteiger partial charge < -0.3 is 9.47 Å². The first-order valence-corrected chi connectivity index (χ1v) is 10.7. The Morgan fingerprint density at radius 2 is 2.03 bits per heavy atom. The Labute approximate surface area is 182 Å². The van der Waals surface area contributed by atoms with E-state index in [0.29, 0.717) is 0 Å². The average Bonchev–Trinajstić information content (AvgIpc) is 3.34. The average molecular weight is 468 g/mol. The fraction of sp³-hybridized carbons (Fsp3) is 0.318. The van der Waals surface area contributed by atoms with E-state index < -0.39 is 0 Å². The molecule has 3 aromatic heterocycles. The van der Waals surface area contributed by atoms with Crippen LogP contribution < -0.4 is 9.47 Å². The zero-order valence-corrected chi connectivity index (χ0v) is 18.7. The number of ether oxygens (including phenoxy) is 2. The summed E-state index contributed by atoms with van der Waals surface area (Å²) in [6, 6.07) is 4.18. The highest BCUT2D eigenvalue weighted by atomic mass is 79.9. The summed E-state index contributed by atoms with van der Waals surface area (Å²) < 4.78 is 16.7. The molecule has 1 aromatic carbocycles. The van der Waals surface area contributed by atoms with E-state index in [1.807, 2.05) is 24.1 Å². The van der Waals surface area contributed by atoms with E-state index in [1.165, 1.54) is 0 Å². The van der Waals surface area contributed by atoms with Crippen molar-refractivity contribution in [1.29, 1.82) is 0 Å². The molecule has 154 valence electrons. The number of nitrogens with zero attached hydrogens (tertiary/aromatic N) is 5. The van der Waals surface area contributed by atoms with Crippen LogP contribution in [0.2, 0.25) is 0 Å². The largest absolute Gasteiger partial charge is 0.495 e. The van der Waals surface area contributed by atoms with Crippen LogP contribution >= 0.6 is 15.9 Å². The first kappa shape index (κ1) is 19.1. The molecule has 1 aliphatic carbocycles. The number of aromatic nitrogens is 5. The Bertz CT molecular complexity index is 1250. The highest BCUT2D eigenvalue weighted by Gasteiger charge is 2.28. The number of methoxy groups -OCH3 is 1. The van der Waals surface area contributed by atoms with Crippen LogP contribution in [-0.4, -0.2) is 31.7 Å². The first-order valence-electron chi connectivity index (χ1n) is 9.90. The van der Waals surface area contributed by atoms with Gasteiger partial charge in [0.05, 0.1) is 41.4 Å². The van der Waals surface area contributed by atoms with Crippen molar-refractivity contribution in [3.05, 3.63) is 58.2 Å². The number of fused-ring (bicyclic) bond motifs is 2. The quantitative estimate of drug-likeness (QED) is 0.435. The Kier molecular flexibility index (Phi) is 4.73. The minimum absolute atomic E-state index is 0.110. The van der Waals surface area contributed by atoms with Gasteiger partial charge in [-0.2, -0.15) is 10.2 Å². The molecule has 4 aromatic rings. The molecule has 0 aliphatic heterocycles. The molecule has 1 unspecified atom stereocenters. The van der Waals surface area contributed by atoms with E-state index in [9.17, 15) is 0 Å². The van der Waals surface area contributed by atoms with Crippen LogP contribution in [0.25, 0.3) is 16.6 Å². The molecule has 0 amide bonds. The maximum absolute atomic E-state index is 6.53. The van der Waals surface area contributed by atoms with Crippen molar-refractivity contribution >= 4 is 26.8 Å². The Morgan fingerprint density at radius 1 is 1.17 bits per heavy atom. The van der Waals surface area contributed by atoms with Gasteiger partial charge in [0, 0.05) is 30.3 Å². The van der Waals surface area contributed by atoms with Crippen LogP contribution in [-0.2, 0) is 13.5 Å². The molecule has 0 spiro atoms. The molecule has 3 heterocycles. The summed E-state index contributed by atoms with van der Waals surface area (Å²) in [6.45, 7) is 2.06. The van der Waals surface area contributed by atoms with Crippen LogP contribution in [0, 0.1) is 6.92 Å². The van der Waals surface area contributed by atoms with Gasteiger partial charge in [-0.05, 0) is 53.7 Å². The van der Waals surface area contributed by atoms with Gasteiger partial charge in [0.15, 0.2) is 0 Å². The van der Waals surface area contributed by atoms with Gasteiger partial charge in [-0.1, -0.05) is 0 Å². The third-order valence-electron chi connectivity index (χ3n) is 5.59. The second-order valence-corrected chi connectivity index (χ2v) is 8.46. The minimum Gasteiger partial charge on any atom is -0.495 e. The number of halogens is 1. The number of hydrogen-bond acceptors (Lipinski definition) is 5. The normalized spacial score (nSPS) is 15.9. The zero-order chi connectivity index (χ0) is 20.8. The third-order valence-corrected chi connectivity index (χ3v) is 6.15. The summed E-state index contributed by atoms with van der Waals surface area (Å²) in [7, 11) is 3.59. The first-order chi connectivity index (χ1) is 14.5. The number of rotatable bonds is 4. The highest BCUT2D eigenvalue weighted by Crippen LogP contribution is 2.41. The van der Waals surface area contributed by atoms with E-state index in [2.05, 4.69) is 50.2 Å². The van der Waals surface area contributed by atoms with Crippen LogP contribution in [0.4, 0.5) is 0 Å². The van der Waals surface area contributed by atoms with Gasteiger partial charge >= 0.3 is 0 Å². The smallest absolute Gasteiger partial charge is 0.141 e. The second kappa shape index (κ2) is 7.43. The standard InChI is InChI=1S/C22H22BrN5O2/c1-13-7-14-9-26-28(15-10-25-27(2)12-15)18(14)8-20(13)30-19-6-4-5-16-21(19)24-11-17(23)22(16)29-3/h7-12,19H,4-6H2,1-3H3. The molecular weight excluding hydrogens is 446 g/mol. The van der Waals surface area contributed by atoms with Gasteiger partial charge in [-0.15, -0.1) is 0 Å². The fourth-order valence-electron chi connectivity index (χ4n) is 4.15. The van der Waals surface area contributed by atoms with Crippen molar-refractivity contribution in [3.63, 3.8) is 0 Å². The van der Waals surface area contributed by atoms with Gasteiger partial charge in [0.25, 0.3) is 0 Å². The van der Waals surface area contributed by atoms with E-state index in [1.54, 1.807) is 24.2 Å². The Balaban J connectivity index is 1.55. The minimum atomic E-state index is -0.110. The molecule has 0 saturated heterocycles. The lowest BCUT2D eigenvalue weighted by Gasteiger charge is -2.27. The molecule has 5 rings (SSSR count). The number of hydrogen-bond donors (Lipinski definition) is 0. The predicted octanol–water partition coefficient (Wildman–Crippen LogP) is 4.69. The lowest BCUT2D eigenvalue weighted by Crippen LogP contribution is -2.18. The molecule has 0 N–H and O–H groups in total. The van der Waals surface area contributed by atoms with Crippen LogP contribution in [0.15, 0.2) is 41.4 Å². The van der Waals surface area contributed by atoms with Gasteiger partial charge in [-0.25, -0.2) is 4.68 Å². The maximum atomic E-state index is 6.53. The summed E-state index contributed by atoms with van der Waals surface area (Å²) in [6.07, 6.45) is 10.2. The van der Waals surface area contributed by atoms with Gasteiger partial charge in [0.1, 0.15) is 23.3 Å². The Hall–Kier alpha value is -2.87. The van der Waals surface area contributed by atoms with Gasteiger partial charge in [0.2, 0.25) is 0 Å². The van der Waals surface area contributed by atoms with Crippen LogP contribution in [0.5, 0.6) is 11.5 Å². The highest BCUT2D eigenvalue weighted by molar-refractivity contribution is 9.10. The van der Waals surface area contributed by atoms with Crippen molar-refractivity contribution in [2.75, 3.05) is 7.11 Å². The van der Waals surface area contributed by atoms with E-state index >= 15 is 0 Å². The van der Waals surface area contributed by atoms with Crippen molar-refractivity contribution in [2.45, 2.75) is 32.3 Å². The van der Waals surface area contributed by atoms with Crippen LogP contribution in [0.1, 0.15) is 35.8 Å². The second-order valence-electron chi connectivity index (χ2n) is 7.61. The number of aryl methyl sites for hydroxylation is 2. The number of pyridine rings is 1. The monoisotopic (exact) mass is 467 g/mol. The van der Waals surface area contributed by atoms with Crippen molar-refractivity contribution in [1.82, 2.24) is 24.5 Å². The molecule has 30 heavy (non-hydrogen) atoms. The summed E-state index contributed by atoms with van der Waals surface area (Å²) in [4.78, 5) is 4.67. The van der Waals surface area contributed by atoms with Crippen molar-refractivity contribution < 1.29 is 9.47 Å². The molecule has 0 radical (unpaired) electrons. The topological polar surface area (TPSA) is 67.0 Å². The molecule has 7 nitrogen and oxygen atoms in total. The number of benzene rings is 1. The molecule has 8 heteroatoms. The van der Waals surface area contributed by atoms with Gasteiger partial charge in [-0.3, -0.25) is 9.67 Å². The molecular formula is C22H22BrN5O2. The lowest BCUT2D eigenvalue weighted by molar-refractivity contribution is 0.176.